The first-order chi connectivity index (χ1) is 23.2. The van der Waals surface area contributed by atoms with Crippen molar-refractivity contribution >= 4 is 56.4 Å². The molecule has 0 saturated heterocycles. The van der Waals surface area contributed by atoms with Gasteiger partial charge in [0.25, 0.3) is 0 Å². The lowest BCUT2D eigenvalue weighted by Crippen LogP contribution is -2.23. The number of ether oxygens (including phenoxy) is 1. The summed E-state index contributed by atoms with van der Waals surface area (Å²) in [4.78, 5) is 12.1. The Morgan fingerprint density at radius 3 is 2.23 bits per heavy atom. The summed E-state index contributed by atoms with van der Waals surface area (Å²) in [5.74, 6) is 1.44. The zero-order valence-electron chi connectivity index (χ0n) is 25.1. The van der Waals surface area contributed by atoms with E-state index in [2.05, 4.69) is 89.0 Å². The van der Waals surface area contributed by atoms with Gasteiger partial charge in [0.15, 0.2) is 11.5 Å². The van der Waals surface area contributed by atoms with E-state index in [1.807, 2.05) is 43.3 Å². The molecule has 5 aromatic carbocycles. The van der Waals surface area contributed by atoms with Crippen LogP contribution in [0.3, 0.4) is 0 Å². The smallest absolute Gasteiger partial charge is 0.151 e. The third kappa shape index (κ3) is 4.42. The van der Waals surface area contributed by atoms with Crippen LogP contribution in [0, 0.1) is 21.3 Å². The molecule has 1 aliphatic heterocycles. The van der Waals surface area contributed by atoms with Crippen LogP contribution in [-0.2, 0) is 0 Å². The van der Waals surface area contributed by atoms with Crippen molar-refractivity contribution in [3.8, 4) is 50.2 Å². The Labute approximate surface area is 280 Å². The van der Waals surface area contributed by atoms with Crippen molar-refractivity contribution < 1.29 is 4.74 Å². The van der Waals surface area contributed by atoms with E-state index < -0.39 is 0 Å². The first-order valence-corrected chi connectivity index (χ1v) is 16.5. The summed E-state index contributed by atoms with van der Waals surface area (Å²) in [5.41, 5.74) is 8.31. The number of fused-ring (bicyclic) bond motifs is 5. The van der Waals surface area contributed by atoms with Crippen LogP contribution in [0.2, 0.25) is 0 Å². The number of allylic oxidation sites excluding steroid dienone is 3. The molecule has 0 radical (unpaired) electrons. The van der Waals surface area contributed by atoms with Crippen molar-refractivity contribution in [1.82, 2.24) is 9.97 Å². The van der Waals surface area contributed by atoms with E-state index in [-0.39, 0.29) is 0 Å². The molecule has 6 aromatic rings. The highest BCUT2D eigenvalue weighted by atomic mass is 32.2. The number of thiocyanates is 2. The fourth-order valence-electron chi connectivity index (χ4n) is 6.61. The lowest BCUT2D eigenvalue weighted by Gasteiger charge is -2.34. The average molecular weight is 642 g/mol. The third-order valence-corrected chi connectivity index (χ3v) is 9.69. The number of benzene rings is 5. The molecule has 0 unspecified atom stereocenters. The highest BCUT2D eigenvalue weighted by molar-refractivity contribution is 8.06. The molecule has 1 aromatic heterocycles. The summed E-state index contributed by atoms with van der Waals surface area (Å²) in [6, 6.07) is 31.3. The molecule has 0 saturated carbocycles. The first kappa shape index (κ1) is 28.7. The Morgan fingerprint density at radius 2 is 1.47 bits per heavy atom. The van der Waals surface area contributed by atoms with Crippen molar-refractivity contribution in [2.75, 3.05) is 4.90 Å². The van der Waals surface area contributed by atoms with Gasteiger partial charge in [0.1, 0.15) is 20.9 Å². The number of hydrogen-bond acceptors (Lipinski definition) is 8. The molecule has 0 fully saturated rings. The maximum atomic E-state index is 9.55. The second-order valence-corrected chi connectivity index (χ2v) is 12.4. The second kappa shape index (κ2) is 11.5. The number of aromatic nitrogens is 2. The van der Waals surface area contributed by atoms with Gasteiger partial charge in [-0.1, -0.05) is 85.5 Å². The normalized spacial score (nSPS) is 13.0. The van der Waals surface area contributed by atoms with Gasteiger partial charge < -0.3 is 9.64 Å². The average Bonchev–Trinajstić information content (AvgIpc) is 3.43. The van der Waals surface area contributed by atoms with Crippen molar-refractivity contribution in [2.24, 2.45) is 0 Å². The van der Waals surface area contributed by atoms with Gasteiger partial charge in [0, 0.05) is 45.4 Å². The van der Waals surface area contributed by atoms with Crippen LogP contribution in [-0.4, -0.2) is 9.97 Å². The SMILES string of the molecule is C=CC1=C(/C=C\C)N(c2ccc(-c3ccc4cccc5c4c3-c3nc(SC#N)c(SC#N)nc3-5)c3ccccc23)c2ccccc2O1. The summed E-state index contributed by atoms with van der Waals surface area (Å²) in [7, 11) is 0. The molecule has 0 bridgehead atoms. The predicted octanol–water partition coefficient (Wildman–Crippen LogP) is 10.7. The van der Waals surface area contributed by atoms with Crippen LogP contribution in [0.1, 0.15) is 6.92 Å². The molecule has 0 spiro atoms. The van der Waals surface area contributed by atoms with Crippen molar-refractivity contribution in [2.45, 2.75) is 17.0 Å². The van der Waals surface area contributed by atoms with Gasteiger partial charge in [-0.2, -0.15) is 10.5 Å². The van der Waals surface area contributed by atoms with E-state index in [0.29, 0.717) is 15.8 Å². The zero-order chi connectivity index (χ0) is 32.1. The van der Waals surface area contributed by atoms with Gasteiger partial charge >= 0.3 is 0 Å². The third-order valence-electron chi connectivity index (χ3n) is 8.42. The van der Waals surface area contributed by atoms with Crippen LogP contribution < -0.4 is 9.64 Å². The van der Waals surface area contributed by atoms with Crippen LogP contribution >= 0.6 is 23.5 Å². The van der Waals surface area contributed by atoms with Gasteiger partial charge in [-0.15, -0.1) is 0 Å². The standard InChI is InChI=1S/C39H23N5OS2/c1-3-10-30-32(4-2)45-33-16-8-7-15-31(33)44(30)29-20-19-25(24-12-5-6-13-26(24)29)27-18-17-23-11-9-14-28-34(23)35(27)37-36(28)42-38(46-21-40)39(43-37)47-22-41/h3-20H,2H2,1H3/b10-3-. The van der Waals surface area contributed by atoms with Crippen molar-refractivity contribution in [3.05, 3.63) is 127 Å². The van der Waals surface area contributed by atoms with Crippen LogP contribution in [0.25, 0.3) is 55.2 Å². The number of thioether (sulfide) groups is 2. The Bertz CT molecular complexity index is 2470. The monoisotopic (exact) mass is 641 g/mol. The maximum Gasteiger partial charge on any atom is 0.151 e. The summed E-state index contributed by atoms with van der Waals surface area (Å²) >= 11 is 1.85. The number of para-hydroxylation sites is 2. The van der Waals surface area contributed by atoms with E-state index in [0.717, 1.165) is 102 Å². The van der Waals surface area contributed by atoms with Gasteiger partial charge in [0.05, 0.1) is 28.5 Å². The Balaban J connectivity index is 1.40. The Morgan fingerprint density at radius 1 is 0.745 bits per heavy atom. The molecule has 47 heavy (non-hydrogen) atoms. The highest BCUT2D eigenvalue weighted by Crippen LogP contribution is 2.53. The topological polar surface area (TPSA) is 85.8 Å². The molecule has 8 heteroatoms. The molecule has 2 aliphatic rings. The van der Waals surface area contributed by atoms with E-state index in [4.69, 9.17) is 14.7 Å². The minimum atomic E-state index is 0.432. The fourth-order valence-corrected chi connectivity index (χ4v) is 7.57. The number of nitrogens with zero attached hydrogens (tertiary/aromatic N) is 5. The van der Waals surface area contributed by atoms with Crippen molar-refractivity contribution in [3.63, 3.8) is 0 Å². The lowest BCUT2D eigenvalue weighted by molar-refractivity contribution is 0.431. The number of nitriles is 2. The first-order valence-electron chi connectivity index (χ1n) is 14.9. The van der Waals surface area contributed by atoms with Crippen LogP contribution in [0.4, 0.5) is 11.4 Å². The molecule has 1 aliphatic carbocycles. The summed E-state index contributed by atoms with van der Waals surface area (Å²) in [6.07, 6.45) is 5.81. The number of hydrogen-bond donors (Lipinski definition) is 0. The molecule has 0 atom stereocenters. The van der Waals surface area contributed by atoms with Gasteiger partial charge in [-0.25, -0.2) is 9.97 Å². The molecule has 8 rings (SSSR count). The summed E-state index contributed by atoms with van der Waals surface area (Å²) in [6.45, 7) is 6.04. The minimum Gasteiger partial charge on any atom is -0.453 e. The van der Waals surface area contributed by atoms with E-state index in [1.54, 1.807) is 6.08 Å². The maximum absolute atomic E-state index is 9.55. The van der Waals surface area contributed by atoms with E-state index in [1.165, 1.54) is 0 Å². The summed E-state index contributed by atoms with van der Waals surface area (Å²) in [5, 5.41) is 28.4. The molecular weight excluding hydrogens is 619 g/mol. The molecule has 6 nitrogen and oxygen atoms in total. The molecule has 222 valence electrons. The molecule has 0 N–H and O–H groups in total. The number of anilines is 2. The Kier molecular flexibility index (Phi) is 7.03. The lowest BCUT2D eigenvalue weighted by atomic mass is 9.90. The molecule has 0 amide bonds. The van der Waals surface area contributed by atoms with Gasteiger partial charge in [-0.3, -0.25) is 0 Å². The van der Waals surface area contributed by atoms with Crippen LogP contribution in [0.5, 0.6) is 5.75 Å². The summed E-state index contributed by atoms with van der Waals surface area (Å²) < 4.78 is 6.28. The highest BCUT2D eigenvalue weighted by Gasteiger charge is 2.31. The van der Waals surface area contributed by atoms with E-state index in [9.17, 15) is 10.5 Å². The van der Waals surface area contributed by atoms with Gasteiger partial charge in [-0.05, 0) is 59.2 Å². The fraction of sp³-hybridized carbons (Fsp3) is 0.0256. The van der Waals surface area contributed by atoms with Crippen LogP contribution in [0.15, 0.2) is 137 Å². The van der Waals surface area contributed by atoms with Crippen molar-refractivity contribution in [1.29, 1.82) is 10.5 Å². The van der Waals surface area contributed by atoms with Gasteiger partial charge in [0.2, 0.25) is 0 Å². The molecule has 2 heterocycles. The predicted molar refractivity (Wildman–Crippen MR) is 191 cm³/mol. The minimum absolute atomic E-state index is 0.432. The van der Waals surface area contributed by atoms with E-state index >= 15 is 0 Å². The largest absolute Gasteiger partial charge is 0.453 e. The molecular formula is C39H23N5OS2. The second-order valence-electron chi connectivity index (χ2n) is 10.8. The zero-order valence-corrected chi connectivity index (χ0v) is 26.7. The number of rotatable bonds is 6. The Hall–Kier alpha value is -5.80. The quantitative estimate of drug-likeness (QED) is 0.131.